The summed E-state index contributed by atoms with van der Waals surface area (Å²) in [5.41, 5.74) is 7.15. The summed E-state index contributed by atoms with van der Waals surface area (Å²) in [6.45, 7) is -0.183. The lowest BCUT2D eigenvalue weighted by atomic mass is 10.1. The summed E-state index contributed by atoms with van der Waals surface area (Å²) in [5, 5.41) is 0. The van der Waals surface area contributed by atoms with Gasteiger partial charge in [0, 0.05) is 5.56 Å². The van der Waals surface area contributed by atoms with Gasteiger partial charge in [0.2, 0.25) is 0 Å². The summed E-state index contributed by atoms with van der Waals surface area (Å²) in [7, 11) is -3.98. The molecule has 0 saturated heterocycles. The quantitative estimate of drug-likeness (QED) is 0.737. The number of rotatable bonds is 4. The zero-order valence-corrected chi connectivity index (χ0v) is 15.7. The van der Waals surface area contributed by atoms with Gasteiger partial charge in [-0.15, -0.1) is 0 Å². The zero-order valence-electron chi connectivity index (χ0n) is 14.9. The van der Waals surface area contributed by atoms with Crippen LogP contribution in [0.2, 0.25) is 0 Å². The van der Waals surface area contributed by atoms with E-state index in [0.29, 0.717) is 17.0 Å². The summed E-state index contributed by atoms with van der Waals surface area (Å²) in [5.74, 6) is -0.413. The molecule has 1 heterocycles. The van der Waals surface area contributed by atoms with E-state index in [2.05, 4.69) is 0 Å². The molecule has 0 radical (unpaired) electrons. The molecule has 2 N–H and O–H groups in total. The molecule has 0 aliphatic carbocycles. The van der Waals surface area contributed by atoms with Gasteiger partial charge in [-0.3, -0.25) is 9.10 Å². The van der Waals surface area contributed by atoms with Crippen LogP contribution in [-0.2, 0) is 14.8 Å². The Morgan fingerprint density at radius 3 is 2.32 bits per heavy atom. The molecule has 1 aliphatic rings. The summed E-state index contributed by atoms with van der Waals surface area (Å²) >= 11 is 0. The molecule has 0 spiro atoms. The van der Waals surface area contributed by atoms with Crippen LogP contribution in [0.5, 0.6) is 5.75 Å². The smallest absolute Gasteiger partial charge is 0.265 e. The third-order valence-corrected chi connectivity index (χ3v) is 6.43. The molecule has 1 unspecified atom stereocenters. The Bertz CT molecular complexity index is 1130. The normalized spacial score (nSPS) is 16.1. The highest BCUT2D eigenvalue weighted by molar-refractivity contribution is 7.93. The Labute approximate surface area is 163 Å². The van der Waals surface area contributed by atoms with Gasteiger partial charge in [-0.2, -0.15) is 0 Å². The number of nitrogens with two attached hydrogens (primary N) is 1. The van der Waals surface area contributed by atoms with E-state index in [0.717, 1.165) is 5.56 Å². The SMILES string of the molecule is NC(=O)C1CN(S(=O)(=O)c2ccccc2-c2ccccc2)c2ccccc2O1. The predicted molar refractivity (Wildman–Crippen MR) is 106 cm³/mol. The number of fused-ring (bicyclic) bond motifs is 1. The number of hydrogen-bond acceptors (Lipinski definition) is 4. The number of benzene rings is 3. The molecule has 0 saturated carbocycles. The molecule has 1 aliphatic heterocycles. The molecule has 6 nitrogen and oxygen atoms in total. The lowest BCUT2D eigenvalue weighted by Gasteiger charge is -2.34. The molecule has 0 aromatic heterocycles. The maximum absolute atomic E-state index is 13.6. The van der Waals surface area contributed by atoms with Crippen LogP contribution in [0.4, 0.5) is 5.69 Å². The second-order valence-electron chi connectivity index (χ2n) is 6.37. The first kappa shape index (κ1) is 18.1. The third-order valence-electron chi connectivity index (χ3n) is 4.59. The van der Waals surface area contributed by atoms with Gasteiger partial charge in [0.05, 0.1) is 17.1 Å². The first-order valence-electron chi connectivity index (χ1n) is 8.70. The van der Waals surface area contributed by atoms with Crippen LogP contribution in [0.1, 0.15) is 0 Å². The van der Waals surface area contributed by atoms with Crippen molar-refractivity contribution in [2.45, 2.75) is 11.0 Å². The summed E-state index contributed by atoms with van der Waals surface area (Å²) in [6, 6.07) is 22.8. The van der Waals surface area contributed by atoms with Gasteiger partial charge < -0.3 is 10.5 Å². The van der Waals surface area contributed by atoms with Crippen molar-refractivity contribution < 1.29 is 17.9 Å². The minimum absolute atomic E-state index is 0.154. The maximum Gasteiger partial charge on any atom is 0.265 e. The fourth-order valence-corrected chi connectivity index (χ4v) is 4.94. The molecule has 3 aromatic rings. The molecule has 1 amide bonds. The van der Waals surface area contributed by atoms with E-state index in [4.69, 9.17) is 10.5 Å². The summed E-state index contributed by atoms with van der Waals surface area (Å²) < 4.78 is 34.0. The third kappa shape index (κ3) is 3.10. The van der Waals surface area contributed by atoms with Crippen molar-refractivity contribution in [1.82, 2.24) is 0 Å². The highest BCUT2D eigenvalue weighted by Crippen LogP contribution is 2.38. The number of primary amides is 1. The Balaban J connectivity index is 1.87. The number of hydrogen-bond donors (Lipinski definition) is 1. The molecule has 7 heteroatoms. The van der Waals surface area contributed by atoms with Crippen LogP contribution in [-0.4, -0.2) is 27.0 Å². The highest BCUT2D eigenvalue weighted by Gasteiger charge is 2.37. The molecule has 142 valence electrons. The number of carbonyl (C=O) groups is 1. The van der Waals surface area contributed by atoms with Crippen molar-refractivity contribution in [3.63, 3.8) is 0 Å². The monoisotopic (exact) mass is 394 g/mol. The lowest BCUT2D eigenvalue weighted by molar-refractivity contribution is -0.124. The van der Waals surface area contributed by atoms with Crippen LogP contribution < -0.4 is 14.8 Å². The number of carbonyl (C=O) groups excluding carboxylic acids is 1. The van der Waals surface area contributed by atoms with Gasteiger partial charge in [-0.25, -0.2) is 8.42 Å². The number of nitrogens with zero attached hydrogens (tertiary/aromatic N) is 1. The van der Waals surface area contributed by atoms with E-state index in [1.54, 1.807) is 48.5 Å². The fraction of sp³-hybridized carbons (Fsp3) is 0.0952. The van der Waals surface area contributed by atoms with Crippen molar-refractivity contribution in [2.24, 2.45) is 5.73 Å². The molecule has 1 atom stereocenters. The van der Waals surface area contributed by atoms with E-state index in [1.807, 2.05) is 30.3 Å². The van der Waals surface area contributed by atoms with Gasteiger partial charge in [0.15, 0.2) is 6.10 Å². The van der Waals surface area contributed by atoms with E-state index < -0.39 is 22.0 Å². The maximum atomic E-state index is 13.6. The number of ether oxygens (including phenoxy) is 1. The van der Waals surface area contributed by atoms with E-state index in [-0.39, 0.29) is 11.4 Å². The molecule has 28 heavy (non-hydrogen) atoms. The standard InChI is InChI=1S/C21H18N2O4S/c22-21(24)19-14-23(17-11-5-6-12-18(17)27-19)28(25,26)20-13-7-4-10-16(20)15-8-2-1-3-9-15/h1-13,19H,14H2,(H2,22,24). The van der Waals surface area contributed by atoms with Gasteiger partial charge in [-0.05, 0) is 23.8 Å². The second-order valence-corrected chi connectivity index (χ2v) is 8.21. The van der Waals surface area contributed by atoms with Crippen molar-refractivity contribution >= 4 is 21.6 Å². The average Bonchev–Trinajstić information content (AvgIpc) is 2.73. The highest BCUT2D eigenvalue weighted by atomic mass is 32.2. The topological polar surface area (TPSA) is 89.7 Å². The van der Waals surface area contributed by atoms with E-state index >= 15 is 0 Å². The van der Waals surface area contributed by atoms with Crippen LogP contribution in [0, 0.1) is 0 Å². The summed E-state index contributed by atoms with van der Waals surface area (Å²) in [6.07, 6.45) is -1.06. The zero-order chi connectivity index (χ0) is 19.7. The lowest BCUT2D eigenvalue weighted by Crippen LogP contribution is -2.49. The number of amides is 1. The minimum atomic E-state index is -3.98. The number of sulfonamides is 1. The largest absolute Gasteiger partial charge is 0.476 e. The van der Waals surface area contributed by atoms with Crippen molar-refractivity contribution in [1.29, 1.82) is 0 Å². The van der Waals surface area contributed by atoms with Crippen molar-refractivity contribution in [3.8, 4) is 16.9 Å². The van der Waals surface area contributed by atoms with Crippen LogP contribution >= 0.6 is 0 Å². The Hall–Kier alpha value is -3.32. The predicted octanol–water partition coefficient (Wildman–Crippen LogP) is 2.80. The fourth-order valence-electron chi connectivity index (χ4n) is 3.24. The van der Waals surface area contributed by atoms with E-state index in [1.165, 1.54) is 4.31 Å². The van der Waals surface area contributed by atoms with Gasteiger partial charge in [-0.1, -0.05) is 60.7 Å². The molecule has 3 aromatic carbocycles. The average molecular weight is 394 g/mol. The summed E-state index contributed by atoms with van der Waals surface area (Å²) in [4.78, 5) is 11.9. The molecule has 4 rings (SSSR count). The number of anilines is 1. The van der Waals surface area contributed by atoms with Gasteiger partial charge >= 0.3 is 0 Å². The first-order valence-corrected chi connectivity index (χ1v) is 10.1. The van der Waals surface area contributed by atoms with Crippen molar-refractivity contribution in [2.75, 3.05) is 10.8 Å². The first-order chi connectivity index (χ1) is 13.5. The van der Waals surface area contributed by atoms with Crippen molar-refractivity contribution in [3.05, 3.63) is 78.9 Å². The minimum Gasteiger partial charge on any atom is -0.476 e. The van der Waals surface area contributed by atoms with Crippen LogP contribution in [0.15, 0.2) is 83.8 Å². The Morgan fingerprint density at radius 2 is 1.57 bits per heavy atom. The van der Waals surface area contributed by atoms with E-state index in [9.17, 15) is 13.2 Å². The second kappa shape index (κ2) is 7.01. The molecular formula is C21H18N2O4S. The molecule has 0 fully saturated rings. The van der Waals surface area contributed by atoms with Gasteiger partial charge in [0.25, 0.3) is 15.9 Å². The van der Waals surface area contributed by atoms with Crippen LogP contribution in [0.25, 0.3) is 11.1 Å². The van der Waals surface area contributed by atoms with Gasteiger partial charge in [0.1, 0.15) is 5.75 Å². The Morgan fingerprint density at radius 1 is 0.929 bits per heavy atom. The number of para-hydroxylation sites is 2. The van der Waals surface area contributed by atoms with Crippen LogP contribution in [0.3, 0.4) is 0 Å². The molecular weight excluding hydrogens is 376 g/mol. The Kier molecular flexibility index (Phi) is 4.52. The molecule has 0 bridgehead atoms.